The summed E-state index contributed by atoms with van der Waals surface area (Å²) >= 11 is 15.4. The first-order valence-corrected chi connectivity index (χ1v) is 7.99. The largest absolute Gasteiger partial charge is 0.143 e. The number of hydrogen-bond acceptors (Lipinski definition) is 1. The van der Waals surface area contributed by atoms with Crippen LogP contribution in [0.3, 0.4) is 0 Å². The second kappa shape index (κ2) is 5.43. The van der Waals surface area contributed by atoms with Gasteiger partial charge in [-0.15, -0.1) is 22.9 Å². The predicted octanol–water partition coefficient (Wildman–Crippen LogP) is 6.22. The Morgan fingerprint density at radius 3 is 2.53 bits per heavy atom. The summed E-state index contributed by atoms with van der Waals surface area (Å²) in [5.74, 6) is 0. The molecule has 1 aromatic carbocycles. The number of alkyl halides is 1. The Morgan fingerprint density at radius 1 is 1.24 bits per heavy atom. The summed E-state index contributed by atoms with van der Waals surface area (Å²) in [6.45, 7) is 4.17. The van der Waals surface area contributed by atoms with E-state index in [4.69, 9.17) is 11.6 Å². The second-order valence-corrected chi connectivity index (χ2v) is 7.27. The van der Waals surface area contributed by atoms with E-state index in [1.807, 2.05) is 6.07 Å². The topological polar surface area (TPSA) is 0 Å². The predicted molar refractivity (Wildman–Crippen MR) is 83.3 cm³/mol. The number of thiophene rings is 1. The third kappa shape index (κ3) is 2.78. The van der Waals surface area contributed by atoms with E-state index in [0.717, 1.165) is 14.5 Å². The molecule has 2 aromatic rings. The zero-order valence-electron chi connectivity index (χ0n) is 9.43. The lowest BCUT2D eigenvalue weighted by atomic mass is 10.1. The molecule has 0 fully saturated rings. The molecule has 0 aliphatic rings. The lowest BCUT2D eigenvalue weighted by Gasteiger charge is -2.11. The first-order chi connectivity index (χ1) is 8.00. The fraction of sp³-hybridized carbons (Fsp3) is 0.231. The van der Waals surface area contributed by atoms with Gasteiger partial charge >= 0.3 is 0 Å². The van der Waals surface area contributed by atoms with Crippen LogP contribution in [0.1, 0.15) is 26.3 Å². The Morgan fingerprint density at radius 2 is 1.94 bits per heavy atom. The Labute approximate surface area is 127 Å². The second-order valence-electron chi connectivity index (χ2n) is 3.89. The number of rotatable bonds is 2. The molecule has 0 radical (unpaired) electrons. The molecule has 0 aliphatic heterocycles. The van der Waals surface area contributed by atoms with Crippen LogP contribution in [0.5, 0.6) is 0 Å². The maximum absolute atomic E-state index is 6.55. The van der Waals surface area contributed by atoms with Gasteiger partial charge in [-0.3, -0.25) is 0 Å². The molecule has 2 rings (SSSR count). The maximum atomic E-state index is 6.55. The SMILES string of the molecule is Cc1cccc(C(Cl)c2cc(Br)c(C)s2)c1Br. The molecule has 1 unspecified atom stereocenters. The van der Waals surface area contributed by atoms with E-state index in [1.165, 1.54) is 15.3 Å². The minimum atomic E-state index is -0.0979. The van der Waals surface area contributed by atoms with Gasteiger partial charge in [-0.05, 0) is 47.0 Å². The molecular weight excluding hydrogens is 383 g/mol. The van der Waals surface area contributed by atoms with Gasteiger partial charge in [-0.2, -0.15) is 0 Å². The quantitative estimate of drug-likeness (QED) is 0.531. The Kier molecular flexibility index (Phi) is 4.35. The molecule has 0 spiro atoms. The lowest BCUT2D eigenvalue weighted by Crippen LogP contribution is -1.93. The molecule has 17 heavy (non-hydrogen) atoms. The summed E-state index contributed by atoms with van der Waals surface area (Å²) in [6, 6.07) is 8.29. The Bertz CT molecular complexity index is 529. The summed E-state index contributed by atoms with van der Waals surface area (Å²) in [7, 11) is 0. The van der Waals surface area contributed by atoms with Crippen LogP contribution in [0, 0.1) is 13.8 Å². The molecule has 1 atom stereocenters. The molecule has 0 saturated heterocycles. The van der Waals surface area contributed by atoms with Crippen LogP contribution >= 0.6 is 54.8 Å². The van der Waals surface area contributed by atoms with Crippen LogP contribution in [-0.4, -0.2) is 0 Å². The zero-order valence-corrected chi connectivity index (χ0v) is 14.2. The van der Waals surface area contributed by atoms with Crippen molar-refractivity contribution in [2.24, 2.45) is 0 Å². The number of halogens is 3. The highest BCUT2D eigenvalue weighted by molar-refractivity contribution is 9.10. The average molecular weight is 395 g/mol. The summed E-state index contributed by atoms with van der Waals surface area (Å²) in [4.78, 5) is 2.43. The molecule has 0 amide bonds. The molecule has 0 bridgehead atoms. The van der Waals surface area contributed by atoms with Crippen molar-refractivity contribution in [2.75, 3.05) is 0 Å². The van der Waals surface area contributed by atoms with E-state index >= 15 is 0 Å². The van der Waals surface area contributed by atoms with Gasteiger partial charge in [-0.1, -0.05) is 34.1 Å². The van der Waals surface area contributed by atoms with E-state index in [-0.39, 0.29) is 5.38 Å². The molecule has 90 valence electrons. The minimum Gasteiger partial charge on any atom is -0.143 e. The fourth-order valence-electron chi connectivity index (χ4n) is 1.63. The molecule has 0 nitrogen and oxygen atoms in total. The molecule has 0 N–H and O–H groups in total. The normalized spacial score (nSPS) is 12.8. The van der Waals surface area contributed by atoms with Gasteiger partial charge in [-0.25, -0.2) is 0 Å². The van der Waals surface area contributed by atoms with Crippen LogP contribution in [-0.2, 0) is 0 Å². The van der Waals surface area contributed by atoms with Gasteiger partial charge in [0.15, 0.2) is 0 Å². The van der Waals surface area contributed by atoms with Crippen molar-refractivity contribution in [1.82, 2.24) is 0 Å². The van der Waals surface area contributed by atoms with Gasteiger partial charge in [0.1, 0.15) is 0 Å². The summed E-state index contributed by atoms with van der Waals surface area (Å²) in [5, 5.41) is -0.0979. The van der Waals surface area contributed by atoms with E-state index < -0.39 is 0 Å². The number of benzene rings is 1. The van der Waals surface area contributed by atoms with Crippen molar-refractivity contribution in [1.29, 1.82) is 0 Å². The van der Waals surface area contributed by atoms with Crippen LogP contribution in [0.2, 0.25) is 0 Å². The summed E-state index contributed by atoms with van der Waals surface area (Å²) < 4.78 is 2.23. The van der Waals surface area contributed by atoms with Crippen LogP contribution < -0.4 is 0 Å². The van der Waals surface area contributed by atoms with Gasteiger partial charge in [0.25, 0.3) is 0 Å². The van der Waals surface area contributed by atoms with Gasteiger partial charge in [0, 0.05) is 18.7 Å². The Balaban J connectivity index is 2.43. The van der Waals surface area contributed by atoms with E-state index in [9.17, 15) is 0 Å². The Hall–Kier alpha value is 0.170. The number of aryl methyl sites for hydroxylation is 2. The molecular formula is C13H11Br2ClS. The zero-order chi connectivity index (χ0) is 12.6. The summed E-state index contributed by atoms with van der Waals surface area (Å²) in [5.41, 5.74) is 2.33. The van der Waals surface area contributed by atoms with E-state index in [0.29, 0.717) is 0 Å². The number of hydrogen-bond donors (Lipinski definition) is 0. The third-order valence-corrected chi connectivity index (χ3v) is 6.51. The van der Waals surface area contributed by atoms with Crippen molar-refractivity contribution in [2.45, 2.75) is 19.2 Å². The van der Waals surface area contributed by atoms with Crippen LogP contribution in [0.4, 0.5) is 0 Å². The molecule has 1 aromatic heterocycles. The first-order valence-electron chi connectivity index (χ1n) is 5.15. The van der Waals surface area contributed by atoms with Crippen LogP contribution in [0.25, 0.3) is 0 Å². The first kappa shape index (κ1) is 13.6. The van der Waals surface area contributed by atoms with Gasteiger partial charge < -0.3 is 0 Å². The molecule has 0 aliphatic carbocycles. The maximum Gasteiger partial charge on any atom is 0.0939 e. The highest BCUT2D eigenvalue weighted by atomic mass is 79.9. The minimum absolute atomic E-state index is 0.0979. The fourth-order valence-corrected chi connectivity index (χ4v) is 4.19. The monoisotopic (exact) mass is 392 g/mol. The molecule has 0 saturated carbocycles. The van der Waals surface area contributed by atoms with Crippen molar-refractivity contribution < 1.29 is 0 Å². The lowest BCUT2D eigenvalue weighted by molar-refractivity contribution is 1.15. The third-order valence-electron chi connectivity index (χ3n) is 2.62. The van der Waals surface area contributed by atoms with Gasteiger partial charge in [0.05, 0.1) is 5.38 Å². The van der Waals surface area contributed by atoms with Crippen molar-refractivity contribution >= 4 is 54.8 Å². The summed E-state index contributed by atoms with van der Waals surface area (Å²) in [6.07, 6.45) is 0. The van der Waals surface area contributed by atoms with Crippen molar-refractivity contribution in [3.05, 3.63) is 54.1 Å². The van der Waals surface area contributed by atoms with Crippen molar-refractivity contribution in [3.63, 3.8) is 0 Å². The van der Waals surface area contributed by atoms with Crippen molar-refractivity contribution in [3.8, 4) is 0 Å². The molecule has 1 heterocycles. The highest BCUT2D eigenvalue weighted by Crippen LogP contribution is 2.40. The highest BCUT2D eigenvalue weighted by Gasteiger charge is 2.17. The van der Waals surface area contributed by atoms with Gasteiger partial charge in [0.2, 0.25) is 0 Å². The standard InChI is InChI=1S/C13H11Br2ClS/c1-7-4-3-5-9(12(7)15)13(16)11-6-10(14)8(2)17-11/h3-6,13H,1-2H3. The van der Waals surface area contributed by atoms with E-state index in [1.54, 1.807) is 11.3 Å². The molecule has 4 heteroatoms. The average Bonchev–Trinajstić information content (AvgIpc) is 2.62. The smallest absolute Gasteiger partial charge is 0.0939 e. The van der Waals surface area contributed by atoms with E-state index in [2.05, 4.69) is 63.9 Å². The van der Waals surface area contributed by atoms with Crippen LogP contribution in [0.15, 0.2) is 33.2 Å².